The number of aromatic amines is 1. The number of benzene rings is 2. The molecule has 2 amide bonds. The molecule has 0 radical (unpaired) electrons. The highest BCUT2D eigenvalue weighted by molar-refractivity contribution is 6.04. The SMILES string of the molecule is Cl.Cl.NC(=O)c1cccc2[nH]c(-c3ccc(C(=O)N[C@@H]4CCNC4)cc3)nc12. The van der Waals surface area contributed by atoms with Gasteiger partial charge >= 0.3 is 0 Å². The number of primary amides is 1. The summed E-state index contributed by atoms with van der Waals surface area (Å²) in [6, 6.07) is 12.7. The van der Waals surface area contributed by atoms with E-state index in [1.54, 1.807) is 24.3 Å². The van der Waals surface area contributed by atoms with Gasteiger partial charge in [-0.2, -0.15) is 0 Å². The second-order valence-corrected chi connectivity index (χ2v) is 6.39. The van der Waals surface area contributed by atoms with Crippen molar-refractivity contribution in [3.8, 4) is 11.4 Å². The number of hydrogen-bond donors (Lipinski definition) is 4. The second kappa shape index (κ2) is 9.05. The minimum Gasteiger partial charge on any atom is -0.366 e. The first-order chi connectivity index (χ1) is 12.6. The van der Waals surface area contributed by atoms with Gasteiger partial charge in [0.15, 0.2) is 0 Å². The molecule has 0 unspecified atom stereocenters. The predicted molar refractivity (Wildman–Crippen MR) is 113 cm³/mol. The third-order valence-corrected chi connectivity index (χ3v) is 4.59. The Bertz CT molecular complexity index is 982. The van der Waals surface area contributed by atoms with Crippen LogP contribution in [-0.4, -0.2) is 40.9 Å². The zero-order valence-electron chi connectivity index (χ0n) is 14.9. The van der Waals surface area contributed by atoms with E-state index in [0.717, 1.165) is 30.6 Å². The molecule has 2 aromatic carbocycles. The lowest BCUT2D eigenvalue weighted by atomic mass is 10.1. The van der Waals surface area contributed by atoms with Crippen LogP contribution in [0.5, 0.6) is 0 Å². The van der Waals surface area contributed by atoms with Crippen molar-refractivity contribution < 1.29 is 9.59 Å². The van der Waals surface area contributed by atoms with Crippen LogP contribution in [0, 0.1) is 0 Å². The molecule has 4 rings (SSSR count). The zero-order valence-corrected chi connectivity index (χ0v) is 16.5. The topological polar surface area (TPSA) is 113 Å². The van der Waals surface area contributed by atoms with Gasteiger partial charge in [-0.3, -0.25) is 9.59 Å². The van der Waals surface area contributed by atoms with Gasteiger partial charge in [-0.15, -0.1) is 24.8 Å². The molecular weight excluding hydrogens is 401 g/mol. The third-order valence-electron chi connectivity index (χ3n) is 4.59. The number of fused-ring (bicyclic) bond motifs is 1. The van der Waals surface area contributed by atoms with E-state index >= 15 is 0 Å². The molecule has 5 N–H and O–H groups in total. The highest BCUT2D eigenvalue weighted by Gasteiger charge is 2.18. The van der Waals surface area contributed by atoms with Crippen molar-refractivity contribution in [2.45, 2.75) is 12.5 Å². The molecule has 1 saturated heterocycles. The first-order valence-corrected chi connectivity index (χ1v) is 8.52. The molecule has 7 nitrogen and oxygen atoms in total. The third kappa shape index (κ3) is 4.27. The molecule has 2 heterocycles. The molecule has 28 heavy (non-hydrogen) atoms. The summed E-state index contributed by atoms with van der Waals surface area (Å²) < 4.78 is 0. The van der Waals surface area contributed by atoms with Crippen LogP contribution in [0.2, 0.25) is 0 Å². The average Bonchev–Trinajstić information content (AvgIpc) is 3.30. The molecule has 148 valence electrons. The standard InChI is InChI=1S/C19H19N5O2.2ClH/c20-17(25)14-2-1-3-15-16(14)24-18(23-15)11-4-6-12(7-5-11)19(26)22-13-8-9-21-10-13;;/h1-7,13,21H,8-10H2,(H2,20,25)(H,22,26)(H,23,24);2*1H/t13-;;/m1../s1. The Morgan fingerprint density at radius 3 is 2.50 bits per heavy atom. The molecule has 0 spiro atoms. The van der Waals surface area contributed by atoms with Crippen molar-refractivity contribution >= 4 is 47.7 Å². The lowest BCUT2D eigenvalue weighted by molar-refractivity contribution is 0.0939. The van der Waals surface area contributed by atoms with Crippen LogP contribution in [0.3, 0.4) is 0 Å². The summed E-state index contributed by atoms with van der Waals surface area (Å²) in [5, 5.41) is 6.24. The number of imidazole rings is 1. The van der Waals surface area contributed by atoms with Crippen LogP contribution in [0.4, 0.5) is 0 Å². The molecule has 1 aromatic heterocycles. The second-order valence-electron chi connectivity index (χ2n) is 6.39. The van der Waals surface area contributed by atoms with E-state index in [-0.39, 0.29) is 36.8 Å². The Morgan fingerprint density at radius 2 is 1.86 bits per heavy atom. The Morgan fingerprint density at radius 1 is 1.11 bits per heavy atom. The number of hydrogen-bond acceptors (Lipinski definition) is 4. The molecule has 1 fully saturated rings. The number of halogens is 2. The summed E-state index contributed by atoms with van der Waals surface area (Å²) in [6.45, 7) is 1.74. The van der Waals surface area contributed by atoms with Crippen LogP contribution >= 0.6 is 24.8 Å². The van der Waals surface area contributed by atoms with Gasteiger partial charge in [0.2, 0.25) is 0 Å². The summed E-state index contributed by atoms with van der Waals surface area (Å²) in [6.07, 6.45) is 0.949. The Hall–Kier alpha value is -2.61. The van der Waals surface area contributed by atoms with Crippen molar-refractivity contribution in [1.29, 1.82) is 0 Å². The first-order valence-electron chi connectivity index (χ1n) is 8.52. The fourth-order valence-electron chi connectivity index (χ4n) is 3.19. The van der Waals surface area contributed by atoms with Gasteiger partial charge in [0.05, 0.1) is 11.1 Å². The van der Waals surface area contributed by atoms with Gasteiger partial charge in [0.25, 0.3) is 11.8 Å². The van der Waals surface area contributed by atoms with Gasteiger partial charge in [-0.25, -0.2) is 4.98 Å². The Kier molecular flexibility index (Phi) is 7.01. The summed E-state index contributed by atoms with van der Waals surface area (Å²) in [4.78, 5) is 31.5. The number of carbonyl (C=O) groups is 2. The maximum atomic E-state index is 12.3. The Labute approximate surface area is 174 Å². The normalized spacial score (nSPS) is 15.5. The van der Waals surface area contributed by atoms with E-state index in [1.165, 1.54) is 0 Å². The van der Waals surface area contributed by atoms with E-state index in [9.17, 15) is 9.59 Å². The average molecular weight is 422 g/mol. The summed E-state index contributed by atoms with van der Waals surface area (Å²) in [7, 11) is 0. The highest BCUT2D eigenvalue weighted by Crippen LogP contribution is 2.23. The van der Waals surface area contributed by atoms with Crippen LogP contribution in [0.25, 0.3) is 22.4 Å². The van der Waals surface area contributed by atoms with Crippen LogP contribution < -0.4 is 16.4 Å². The number of carbonyl (C=O) groups excluding carboxylic acids is 2. The summed E-state index contributed by atoms with van der Waals surface area (Å²) in [5.74, 6) is 0.0357. The monoisotopic (exact) mass is 421 g/mol. The maximum Gasteiger partial charge on any atom is 0.251 e. The number of para-hydroxylation sites is 1. The molecule has 1 aliphatic heterocycles. The quantitative estimate of drug-likeness (QED) is 0.517. The van der Waals surface area contributed by atoms with Gasteiger partial charge in [0.1, 0.15) is 11.3 Å². The van der Waals surface area contributed by atoms with E-state index in [1.807, 2.05) is 18.2 Å². The van der Waals surface area contributed by atoms with Gasteiger partial charge in [-0.05, 0) is 37.2 Å². The zero-order chi connectivity index (χ0) is 18.1. The van der Waals surface area contributed by atoms with Crippen molar-refractivity contribution in [3.05, 3.63) is 53.6 Å². The Balaban J connectivity index is 0.00000140. The molecular formula is C19H21Cl2N5O2. The lowest BCUT2D eigenvalue weighted by Gasteiger charge is -2.11. The van der Waals surface area contributed by atoms with Crippen molar-refractivity contribution in [3.63, 3.8) is 0 Å². The molecule has 0 aliphatic carbocycles. The van der Waals surface area contributed by atoms with Gasteiger partial charge in [0, 0.05) is 23.7 Å². The minimum absolute atomic E-state index is 0. The summed E-state index contributed by atoms with van der Waals surface area (Å²) >= 11 is 0. The first kappa shape index (κ1) is 21.7. The number of nitrogens with zero attached hydrogens (tertiary/aromatic N) is 1. The number of rotatable bonds is 4. The van der Waals surface area contributed by atoms with E-state index in [0.29, 0.717) is 22.5 Å². The fourth-order valence-corrected chi connectivity index (χ4v) is 3.19. The number of nitrogens with two attached hydrogens (primary N) is 1. The van der Waals surface area contributed by atoms with Crippen molar-refractivity contribution in [2.75, 3.05) is 13.1 Å². The molecule has 1 atom stereocenters. The molecule has 0 bridgehead atoms. The van der Waals surface area contributed by atoms with Gasteiger partial charge in [-0.1, -0.05) is 18.2 Å². The molecule has 1 aliphatic rings. The van der Waals surface area contributed by atoms with Crippen LogP contribution in [0.15, 0.2) is 42.5 Å². The molecule has 3 aromatic rings. The maximum absolute atomic E-state index is 12.3. The largest absolute Gasteiger partial charge is 0.366 e. The number of H-pyrrole nitrogens is 1. The lowest BCUT2D eigenvalue weighted by Crippen LogP contribution is -2.36. The van der Waals surface area contributed by atoms with E-state index in [2.05, 4.69) is 20.6 Å². The molecule has 0 saturated carbocycles. The van der Waals surface area contributed by atoms with E-state index < -0.39 is 5.91 Å². The van der Waals surface area contributed by atoms with Crippen molar-refractivity contribution in [2.24, 2.45) is 5.73 Å². The highest BCUT2D eigenvalue weighted by atomic mass is 35.5. The number of amides is 2. The smallest absolute Gasteiger partial charge is 0.251 e. The minimum atomic E-state index is -0.512. The van der Waals surface area contributed by atoms with E-state index in [4.69, 9.17) is 5.73 Å². The number of nitrogens with one attached hydrogen (secondary N) is 3. The summed E-state index contributed by atoms with van der Waals surface area (Å²) in [5.41, 5.74) is 8.51. The van der Waals surface area contributed by atoms with Crippen molar-refractivity contribution in [1.82, 2.24) is 20.6 Å². The fraction of sp³-hybridized carbons (Fsp3) is 0.211. The van der Waals surface area contributed by atoms with Crippen LogP contribution in [-0.2, 0) is 0 Å². The predicted octanol–water partition coefficient (Wildman–Crippen LogP) is 2.26. The molecule has 9 heteroatoms. The van der Waals surface area contributed by atoms with Crippen LogP contribution in [0.1, 0.15) is 27.1 Å². The number of aromatic nitrogens is 2. The van der Waals surface area contributed by atoms with Gasteiger partial charge < -0.3 is 21.4 Å².